The quantitative estimate of drug-likeness (QED) is 0.520. The summed E-state index contributed by atoms with van der Waals surface area (Å²) >= 11 is 0. The second kappa shape index (κ2) is 9.45. The molecule has 33 heavy (non-hydrogen) atoms. The van der Waals surface area contributed by atoms with Crippen LogP contribution in [0, 0.1) is 5.92 Å². The smallest absolute Gasteiger partial charge is 0.321 e. The molecule has 1 atom stereocenters. The van der Waals surface area contributed by atoms with Gasteiger partial charge < -0.3 is 15.0 Å². The number of carbonyl (C=O) groups is 1. The van der Waals surface area contributed by atoms with E-state index in [4.69, 9.17) is 4.74 Å². The molecule has 0 bridgehead atoms. The van der Waals surface area contributed by atoms with E-state index in [9.17, 15) is 4.79 Å². The predicted octanol–water partition coefficient (Wildman–Crippen LogP) is 6.10. The van der Waals surface area contributed by atoms with Crippen molar-refractivity contribution >= 4 is 17.8 Å². The number of anilines is 1. The molecule has 2 aromatic heterocycles. The number of benzene rings is 1. The molecule has 2 aliphatic rings. The summed E-state index contributed by atoms with van der Waals surface area (Å²) in [5.41, 5.74) is 4.32. The number of ether oxygens (including phenoxy) is 1. The number of piperidine rings is 1. The zero-order valence-corrected chi connectivity index (χ0v) is 18.8. The lowest BCUT2D eigenvalue weighted by atomic mass is 9.91. The molecular formula is C27H28N4O2. The van der Waals surface area contributed by atoms with Crippen molar-refractivity contribution in [1.29, 1.82) is 0 Å². The van der Waals surface area contributed by atoms with Crippen LogP contribution in [0.3, 0.4) is 0 Å². The Hall–Kier alpha value is -3.67. The fourth-order valence-electron chi connectivity index (χ4n) is 4.18. The van der Waals surface area contributed by atoms with E-state index in [0.717, 1.165) is 29.2 Å². The van der Waals surface area contributed by atoms with Gasteiger partial charge in [0.25, 0.3) is 0 Å². The molecule has 1 saturated carbocycles. The summed E-state index contributed by atoms with van der Waals surface area (Å²) in [6, 6.07) is 15.8. The van der Waals surface area contributed by atoms with Gasteiger partial charge in [-0.1, -0.05) is 30.7 Å². The highest BCUT2D eigenvalue weighted by atomic mass is 16.5. The van der Waals surface area contributed by atoms with Crippen molar-refractivity contribution < 1.29 is 9.53 Å². The van der Waals surface area contributed by atoms with Crippen molar-refractivity contribution in [1.82, 2.24) is 14.9 Å². The zero-order chi connectivity index (χ0) is 22.6. The molecule has 2 fully saturated rings. The third-order valence-electron chi connectivity index (χ3n) is 6.20. The lowest BCUT2D eigenvalue weighted by molar-refractivity contribution is 0.198. The number of carbonyl (C=O) groups excluding carboxylic acids is 1. The van der Waals surface area contributed by atoms with Crippen molar-refractivity contribution in [2.45, 2.75) is 32.1 Å². The van der Waals surface area contributed by atoms with Gasteiger partial charge in [-0.15, -0.1) is 0 Å². The maximum Gasteiger partial charge on any atom is 0.321 e. The van der Waals surface area contributed by atoms with Gasteiger partial charge in [-0.3, -0.25) is 9.97 Å². The van der Waals surface area contributed by atoms with Crippen LogP contribution < -0.4 is 10.1 Å². The average Bonchev–Trinajstić information content (AvgIpc) is 3.67. The molecule has 1 saturated heterocycles. The first-order valence-corrected chi connectivity index (χ1v) is 11.5. The molecule has 0 spiro atoms. The largest absolute Gasteiger partial charge is 0.456 e. The van der Waals surface area contributed by atoms with Crippen LogP contribution >= 0.6 is 0 Å². The minimum Gasteiger partial charge on any atom is -0.456 e. The topological polar surface area (TPSA) is 67.4 Å². The summed E-state index contributed by atoms with van der Waals surface area (Å²) in [7, 11) is 0. The van der Waals surface area contributed by atoms with Gasteiger partial charge in [0.15, 0.2) is 0 Å². The zero-order valence-electron chi connectivity index (χ0n) is 18.8. The summed E-state index contributed by atoms with van der Waals surface area (Å²) in [6.45, 7) is 3.55. The normalized spacial score (nSPS) is 19.4. The molecule has 168 valence electrons. The number of likely N-dealkylation sites (tertiary alicyclic amines) is 1. The van der Waals surface area contributed by atoms with Gasteiger partial charge in [0, 0.05) is 30.9 Å². The third-order valence-corrected chi connectivity index (χ3v) is 6.20. The lowest BCUT2D eigenvalue weighted by Crippen LogP contribution is -2.42. The molecule has 3 aromatic rings. The Morgan fingerprint density at radius 3 is 2.76 bits per heavy atom. The van der Waals surface area contributed by atoms with E-state index >= 15 is 0 Å². The maximum atomic E-state index is 12.6. The van der Waals surface area contributed by atoms with Gasteiger partial charge in [-0.2, -0.15) is 0 Å². The number of amides is 2. The average molecular weight is 441 g/mol. The number of urea groups is 1. The van der Waals surface area contributed by atoms with Crippen molar-refractivity contribution in [2.24, 2.45) is 5.92 Å². The Morgan fingerprint density at radius 2 is 2.03 bits per heavy atom. The Kier molecular flexibility index (Phi) is 6.07. The van der Waals surface area contributed by atoms with Crippen LogP contribution in [0.5, 0.6) is 11.5 Å². The Bertz CT molecular complexity index is 1140. The van der Waals surface area contributed by atoms with Crippen LogP contribution in [-0.2, 0) is 0 Å². The first-order chi connectivity index (χ1) is 16.1. The van der Waals surface area contributed by atoms with E-state index in [2.05, 4.69) is 46.5 Å². The first-order valence-electron chi connectivity index (χ1n) is 11.5. The summed E-state index contributed by atoms with van der Waals surface area (Å²) in [4.78, 5) is 23.1. The molecule has 1 unspecified atom stereocenters. The minimum atomic E-state index is -0.0781. The van der Waals surface area contributed by atoms with Gasteiger partial charge in [-0.25, -0.2) is 4.79 Å². The van der Waals surface area contributed by atoms with E-state index in [1.165, 1.54) is 18.4 Å². The molecule has 0 radical (unpaired) electrons. The second-order valence-electron chi connectivity index (χ2n) is 8.86. The first kappa shape index (κ1) is 21.2. The van der Waals surface area contributed by atoms with Gasteiger partial charge in [0.05, 0.1) is 18.1 Å². The number of pyridine rings is 2. The maximum absolute atomic E-state index is 12.6. The van der Waals surface area contributed by atoms with Crippen LogP contribution in [0.15, 0.2) is 72.7 Å². The third kappa shape index (κ3) is 5.40. The number of hydrogen-bond acceptors (Lipinski definition) is 4. The highest BCUT2D eigenvalue weighted by Gasteiger charge is 2.25. The van der Waals surface area contributed by atoms with Crippen LogP contribution in [0.2, 0.25) is 0 Å². The predicted molar refractivity (Wildman–Crippen MR) is 129 cm³/mol. The molecule has 5 rings (SSSR count). The second-order valence-corrected chi connectivity index (χ2v) is 8.86. The Labute approximate surface area is 194 Å². The molecule has 1 aliphatic heterocycles. The highest BCUT2D eigenvalue weighted by Crippen LogP contribution is 2.39. The van der Waals surface area contributed by atoms with E-state index in [1.807, 2.05) is 41.4 Å². The van der Waals surface area contributed by atoms with Crippen LogP contribution in [0.25, 0.3) is 6.08 Å². The fraction of sp³-hybridized carbons (Fsp3) is 0.296. The molecule has 2 amide bonds. The van der Waals surface area contributed by atoms with Crippen LogP contribution in [-0.4, -0.2) is 34.0 Å². The SMILES string of the molecule is CC1CN(C(=O)Nc2cccnc2)CCC1=Cc1cccc(Oc2ccc(C3CC3)nc2)c1. The molecule has 1 aromatic carbocycles. The molecule has 6 nitrogen and oxygen atoms in total. The number of rotatable bonds is 5. The van der Waals surface area contributed by atoms with E-state index < -0.39 is 0 Å². The van der Waals surface area contributed by atoms with Crippen LogP contribution in [0.1, 0.15) is 43.4 Å². The summed E-state index contributed by atoms with van der Waals surface area (Å²) in [5, 5.41) is 2.92. The molecule has 6 heteroatoms. The Morgan fingerprint density at radius 1 is 1.12 bits per heavy atom. The van der Waals surface area contributed by atoms with Crippen molar-refractivity contribution in [3.63, 3.8) is 0 Å². The number of hydrogen-bond donors (Lipinski definition) is 1. The summed E-state index contributed by atoms with van der Waals surface area (Å²) in [5.74, 6) is 2.47. The molecule has 1 N–H and O–H groups in total. The standard InChI is InChI=1S/C27H28N4O2/c1-19-18-31(27(32)30-23-5-3-12-28-16-23)13-11-22(19)14-20-4-2-6-24(15-20)33-25-9-10-26(29-17-25)21-7-8-21/h2-6,9-10,12,14-17,19,21H,7-8,11,13,18H2,1H3,(H,30,32). The lowest BCUT2D eigenvalue weighted by Gasteiger charge is -2.33. The van der Waals surface area contributed by atoms with Gasteiger partial charge in [-0.05, 0) is 67.1 Å². The van der Waals surface area contributed by atoms with Gasteiger partial charge >= 0.3 is 6.03 Å². The fourth-order valence-corrected chi connectivity index (χ4v) is 4.18. The number of nitrogens with one attached hydrogen (secondary N) is 1. The van der Waals surface area contributed by atoms with E-state index in [-0.39, 0.29) is 11.9 Å². The van der Waals surface area contributed by atoms with Crippen molar-refractivity contribution in [2.75, 3.05) is 18.4 Å². The molecule has 3 heterocycles. The summed E-state index contributed by atoms with van der Waals surface area (Å²) in [6.07, 6.45) is 10.7. The van der Waals surface area contributed by atoms with Crippen LogP contribution in [0.4, 0.5) is 10.5 Å². The van der Waals surface area contributed by atoms with Crippen molar-refractivity contribution in [3.8, 4) is 11.5 Å². The highest BCUT2D eigenvalue weighted by molar-refractivity contribution is 5.89. The van der Waals surface area contributed by atoms with E-state index in [0.29, 0.717) is 24.7 Å². The molecular weight excluding hydrogens is 412 g/mol. The summed E-state index contributed by atoms with van der Waals surface area (Å²) < 4.78 is 6.04. The number of aromatic nitrogens is 2. The van der Waals surface area contributed by atoms with Crippen molar-refractivity contribution in [3.05, 3.63) is 84.0 Å². The molecule has 1 aliphatic carbocycles. The Balaban J connectivity index is 1.21. The van der Waals surface area contributed by atoms with Gasteiger partial charge in [0.2, 0.25) is 0 Å². The van der Waals surface area contributed by atoms with Gasteiger partial charge in [0.1, 0.15) is 11.5 Å². The minimum absolute atomic E-state index is 0.0781. The monoisotopic (exact) mass is 440 g/mol. The van der Waals surface area contributed by atoms with E-state index in [1.54, 1.807) is 12.4 Å². The number of nitrogens with zero attached hydrogens (tertiary/aromatic N) is 3.